The predicted molar refractivity (Wildman–Crippen MR) is 71.4 cm³/mol. The number of cyclic esters (lactones) is 1. The van der Waals surface area contributed by atoms with Crippen LogP contribution in [0, 0.1) is 5.92 Å². The molecule has 114 valence electrons. The SMILES string of the molecule is C=CC(=O)OC1(OC2CCCCC2)C(=O)OC(=C=O)C1C. The van der Waals surface area contributed by atoms with E-state index in [2.05, 4.69) is 6.58 Å². The van der Waals surface area contributed by atoms with Crippen LogP contribution in [0.1, 0.15) is 39.0 Å². The van der Waals surface area contributed by atoms with E-state index in [9.17, 15) is 14.4 Å². The van der Waals surface area contributed by atoms with Crippen LogP contribution in [-0.2, 0) is 28.6 Å². The number of hydrogen-bond acceptors (Lipinski definition) is 6. The second-order valence-corrected chi connectivity index (χ2v) is 5.25. The molecule has 6 nitrogen and oxygen atoms in total. The largest absolute Gasteiger partial charge is 0.417 e. The summed E-state index contributed by atoms with van der Waals surface area (Å²) in [4.78, 5) is 34.6. The van der Waals surface area contributed by atoms with Gasteiger partial charge in [-0.15, -0.1) is 0 Å². The topological polar surface area (TPSA) is 78.9 Å². The second-order valence-electron chi connectivity index (χ2n) is 5.25. The summed E-state index contributed by atoms with van der Waals surface area (Å²) in [6.45, 7) is 4.84. The van der Waals surface area contributed by atoms with Gasteiger partial charge in [-0.25, -0.2) is 14.4 Å². The first kappa shape index (κ1) is 15.5. The lowest BCUT2D eigenvalue weighted by molar-refractivity contribution is -0.253. The average Bonchev–Trinajstić information content (AvgIpc) is 2.72. The van der Waals surface area contributed by atoms with Gasteiger partial charge in [0, 0.05) is 6.08 Å². The molecule has 1 saturated carbocycles. The summed E-state index contributed by atoms with van der Waals surface area (Å²) in [6, 6.07) is 0. The molecule has 2 fully saturated rings. The average molecular weight is 294 g/mol. The van der Waals surface area contributed by atoms with Crippen molar-refractivity contribution in [3.63, 3.8) is 0 Å². The minimum Gasteiger partial charge on any atom is -0.417 e. The summed E-state index contributed by atoms with van der Waals surface area (Å²) in [6.07, 6.45) is 5.35. The van der Waals surface area contributed by atoms with Crippen LogP contribution in [0.3, 0.4) is 0 Å². The lowest BCUT2D eigenvalue weighted by atomic mass is 9.96. The molecule has 21 heavy (non-hydrogen) atoms. The van der Waals surface area contributed by atoms with E-state index in [4.69, 9.17) is 14.2 Å². The monoisotopic (exact) mass is 294 g/mol. The van der Waals surface area contributed by atoms with Gasteiger partial charge in [0.15, 0.2) is 5.94 Å². The third-order valence-corrected chi connectivity index (χ3v) is 3.86. The fourth-order valence-corrected chi connectivity index (χ4v) is 2.64. The zero-order valence-electron chi connectivity index (χ0n) is 11.9. The minimum atomic E-state index is -1.92. The van der Waals surface area contributed by atoms with E-state index in [-0.39, 0.29) is 11.9 Å². The summed E-state index contributed by atoms with van der Waals surface area (Å²) in [5, 5.41) is 0. The first-order valence-corrected chi connectivity index (χ1v) is 7.04. The summed E-state index contributed by atoms with van der Waals surface area (Å²) in [7, 11) is 0. The van der Waals surface area contributed by atoms with Crippen LogP contribution >= 0.6 is 0 Å². The Labute approximate surface area is 122 Å². The fraction of sp³-hybridized carbons (Fsp3) is 0.600. The number of hydrogen-bond donors (Lipinski definition) is 0. The van der Waals surface area contributed by atoms with E-state index in [0.717, 1.165) is 38.2 Å². The first-order chi connectivity index (χ1) is 10.0. The highest BCUT2D eigenvalue weighted by atomic mass is 16.8. The molecule has 2 unspecified atom stereocenters. The van der Waals surface area contributed by atoms with Gasteiger partial charge in [0.2, 0.25) is 5.76 Å². The van der Waals surface area contributed by atoms with Gasteiger partial charge in [0.1, 0.15) is 5.92 Å². The third kappa shape index (κ3) is 2.91. The molecule has 0 bridgehead atoms. The van der Waals surface area contributed by atoms with E-state index in [1.807, 2.05) is 0 Å². The molecule has 1 aliphatic heterocycles. The Morgan fingerprint density at radius 2 is 2.10 bits per heavy atom. The van der Waals surface area contributed by atoms with Crippen LogP contribution in [0.5, 0.6) is 0 Å². The molecule has 0 radical (unpaired) electrons. The fourth-order valence-electron chi connectivity index (χ4n) is 2.64. The molecule has 6 heteroatoms. The third-order valence-electron chi connectivity index (χ3n) is 3.86. The summed E-state index contributed by atoms with van der Waals surface area (Å²) >= 11 is 0. The molecular formula is C15H18O6. The number of carbonyl (C=O) groups is 2. The van der Waals surface area contributed by atoms with Crippen molar-refractivity contribution in [2.75, 3.05) is 0 Å². The Balaban J connectivity index is 2.29. The van der Waals surface area contributed by atoms with Crippen molar-refractivity contribution in [3.05, 3.63) is 18.4 Å². The lowest BCUT2D eigenvalue weighted by Gasteiger charge is -2.33. The summed E-state index contributed by atoms with van der Waals surface area (Å²) < 4.78 is 15.8. The van der Waals surface area contributed by atoms with Gasteiger partial charge in [-0.3, -0.25) is 0 Å². The number of ether oxygens (including phenoxy) is 3. The van der Waals surface area contributed by atoms with Gasteiger partial charge in [-0.05, 0) is 19.8 Å². The highest BCUT2D eigenvalue weighted by Crippen LogP contribution is 2.40. The molecule has 1 heterocycles. The molecular weight excluding hydrogens is 276 g/mol. The Morgan fingerprint density at radius 3 is 2.62 bits per heavy atom. The molecule has 0 aromatic heterocycles. The zero-order valence-corrected chi connectivity index (χ0v) is 11.9. The normalized spacial score (nSPS) is 29.7. The maximum atomic E-state index is 12.1. The molecule has 1 aliphatic carbocycles. The van der Waals surface area contributed by atoms with Crippen molar-refractivity contribution in [2.24, 2.45) is 5.92 Å². The van der Waals surface area contributed by atoms with E-state index < -0.39 is 23.6 Å². The van der Waals surface area contributed by atoms with E-state index in [1.54, 1.807) is 5.94 Å². The Hall–Kier alpha value is -1.91. The smallest absolute Gasteiger partial charge is 0.386 e. The Bertz CT molecular complexity index is 498. The molecule has 0 aromatic rings. The van der Waals surface area contributed by atoms with Crippen molar-refractivity contribution in [3.8, 4) is 0 Å². The lowest BCUT2D eigenvalue weighted by Crippen LogP contribution is -2.49. The van der Waals surface area contributed by atoms with Gasteiger partial charge in [-0.1, -0.05) is 25.8 Å². The molecule has 2 atom stereocenters. The van der Waals surface area contributed by atoms with Gasteiger partial charge >= 0.3 is 17.7 Å². The summed E-state index contributed by atoms with van der Waals surface area (Å²) in [5.41, 5.74) is 0. The molecule has 0 spiro atoms. The molecule has 2 aliphatic rings. The predicted octanol–water partition coefficient (Wildman–Crippen LogP) is 1.67. The van der Waals surface area contributed by atoms with Crippen molar-refractivity contribution in [1.29, 1.82) is 0 Å². The maximum absolute atomic E-state index is 12.1. The molecule has 0 amide bonds. The zero-order chi connectivity index (χ0) is 15.5. The highest BCUT2D eigenvalue weighted by molar-refractivity contribution is 5.90. The molecule has 1 saturated heterocycles. The molecule has 0 aromatic carbocycles. The first-order valence-electron chi connectivity index (χ1n) is 7.04. The number of rotatable bonds is 4. The van der Waals surface area contributed by atoms with Crippen molar-refractivity contribution in [2.45, 2.75) is 50.9 Å². The van der Waals surface area contributed by atoms with Crippen LogP contribution in [-0.4, -0.2) is 29.8 Å². The van der Waals surface area contributed by atoms with Gasteiger partial charge in [0.25, 0.3) is 0 Å². The van der Waals surface area contributed by atoms with E-state index >= 15 is 0 Å². The highest BCUT2D eigenvalue weighted by Gasteiger charge is 2.60. The van der Waals surface area contributed by atoms with E-state index in [0.29, 0.717) is 0 Å². The van der Waals surface area contributed by atoms with Crippen LogP contribution in [0.4, 0.5) is 0 Å². The quantitative estimate of drug-likeness (QED) is 0.340. The van der Waals surface area contributed by atoms with Crippen LogP contribution in [0.15, 0.2) is 18.4 Å². The van der Waals surface area contributed by atoms with Crippen LogP contribution < -0.4 is 0 Å². The standard InChI is InChI=1S/C15H18O6/c1-3-13(17)21-15(20-11-7-5-4-6-8-11)10(2)12(9-16)19-14(15)18/h3,10-11H,1,4-8H2,2H3. The van der Waals surface area contributed by atoms with Crippen molar-refractivity contribution < 1.29 is 28.6 Å². The van der Waals surface area contributed by atoms with Gasteiger partial charge in [-0.2, -0.15) is 0 Å². The Kier molecular flexibility index (Phi) is 4.60. The van der Waals surface area contributed by atoms with Crippen LogP contribution in [0.25, 0.3) is 0 Å². The van der Waals surface area contributed by atoms with Crippen LogP contribution in [0.2, 0.25) is 0 Å². The number of carbonyl (C=O) groups excluding carboxylic acids is 3. The van der Waals surface area contributed by atoms with Crippen molar-refractivity contribution >= 4 is 17.9 Å². The van der Waals surface area contributed by atoms with Gasteiger partial charge in [0.05, 0.1) is 6.10 Å². The molecule has 2 rings (SSSR count). The maximum Gasteiger partial charge on any atom is 0.386 e. The second kappa shape index (κ2) is 6.24. The van der Waals surface area contributed by atoms with Gasteiger partial charge < -0.3 is 14.2 Å². The molecule has 0 N–H and O–H groups in total. The van der Waals surface area contributed by atoms with Crippen molar-refractivity contribution in [1.82, 2.24) is 0 Å². The summed E-state index contributed by atoms with van der Waals surface area (Å²) in [5.74, 6) is -3.12. The Morgan fingerprint density at radius 1 is 1.43 bits per heavy atom. The van der Waals surface area contributed by atoms with E-state index in [1.165, 1.54) is 6.92 Å². The number of esters is 2. The minimum absolute atomic E-state index is 0.211.